The smallest absolute Gasteiger partial charge is 0.259 e. The molecule has 1 heterocycles. The maximum Gasteiger partial charge on any atom is 0.259 e. The fraction of sp³-hybridized carbons (Fsp3) is 0.167. The first-order chi connectivity index (χ1) is 16.7. The Hall–Kier alpha value is -4.25. The van der Waals surface area contributed by atoms with Gasteiger partial charge in [-0.2, -0.15) is 0 Å². The SMILES string of the molecule is CC(C)(C)c1ccc(C(=O)c2cccc(NC(=O)CN3C(=O)c4cccc5cccc3c45)c2)cc1. The number of hydrogen-bond acceptors (Lipinski definition) is 3. The normalized spacial score (nSPS) is 12.8. The summed E-state index contributed by atoms with van der Waals surface area (Å²) in [5, 5.41) is 4.68. The van der Waals surface area contributed by atoms with Crippen LogP contribution in [0.4, 0.5) is 11.4 Å². The van der Waals surface area contributed by atoms with Crippen LogP contribution in [0.2, 0.25) is 0 Å². The molecule has 0 fully saturated rings. The molecule has 0 aliphatic carbocycles. The number of nitrogens with zero attached hydrogens (tertiary/aromatic N) is 1. The van der Waals surface area contributed by atoms with Crippen LogP contribution in [0, 0.1) is 0 Å². The van der Waals surface area contributed by atoms with E-state index in [4.69, 9.17) is 0 Å². The quantitative estimate of drug-likeness (QED) is 0.372. The molecule has 1 N–H and O–H groups in total. The highest BCUT2D eigenvalue weighted by Gasteiger charge is 2.30. The summed E-state index contributed by atoms with van der Waals surface area (Å²) in [7, 11) is 0. The molecule has 0 aromatic heterocycles. The van der Waals surface area contributed by atoms with E-state index in [1.165, 1.54) is 4.90 Å². The molecule has 1 aliphatic rings. The first-order valence-electron chi connectivity index (χ1n) is 11.6. The van der Waals surface area contributed by atoms with Crippen LogP contribution in [0.25, 0.3) is 10.8 Å². The molecule has 4 aromatic carbocycles. The van der Waals surface area contributed by atoms with Crippen molar-refractivity contribution < 1.29 is 14.4 Å². The number of ketones is 1. The molecule has 0 unspecified atom stereocenters. The molecule has 5 rings (SSSR count). The lowest BCUT2D eigenvalue weighted by atomic mass is 9.86. The molecule has 2 amide bonds. The maximum absolute atomic E-state index is 13.0. The number of anilines is 2. The third-order valence-corrected chi connectivity index (χ3v) is 6.37. The summed E-state index contributed by atoms with van der Waals surface area (Å²) in [5.41, 5.74) is 4.10. The Kier molecular flexibility index (Phi) is 5.48. The Balaban J connectivity index is 1.31. The van der Waals surface area contributed by atoms with Crippen molar-refractivity contribution in [1.29, 1.82) is 0 Å². The van der Waals surface area contributed by atoms with E-state index in [2.05, 4.69) is 26.1 Å². The molecule has 0 radical (unpaired) electrons. The van der Waals surface area contributed by atoms with Crippen LogP contribution in [0.1, 0.15) is 52.6 Å². The van der Waals surface area contributed by atoms with Crippen LogP contribution in [0.5, 0.6) is 0 Å². The van der Waals surface area contributed by atoms with E-state index in [1.54, 1.807) is 30.3 Å². The van der Waals surface area contributed by atoms with Crippen LogP contribution < -0.4 is 10.2 Å². The highest BCUT2D eigenvalue weighted by molar-refractivity contribution is 6.26. The molecule has 5 heteroatoms. The second-order valence-corrected chi connectivity index (χ2v) is 9.86. The molecule has 0 saturated carbocycles. The topological polar surface area (TPSA) is 66.5 Å². The Morgan fingerprint density at radius 2 is 1.51 bits per heavy atom. The van der Waals surface area contributed by atoms with Gasteiger partial charge in [0, 0.05) is 27.8 Å². The number of benzene rings is 4. The van der Waals surface area contributed by atoms with E-state index < -0.39 is 0 Å². The van der Waals surface area contributed by atoms with E-state index in [9.17, 15) is 14.4 Å². The van der Waals surface area contributed by atoms with Gasteiger partial charge in [-0.05, 0) is 40.6 Å². The standard InChI is InChI=1S/C30H26N2O3/c1-30(2,3)22-15-13-20(14-16-22)28(34)21-9-4-10-23(17-21)31-26(33)18-32-25-12-6-8-19-7-5-11-24(27(19)25)29(32)35/h4-17H,18H2,1-3H3,(H,31,33). The molecule has 0 bridgehead atoms. The van der Waals surface area contributed by atoms with Crippen LogP contribution >= 0.6 is 0 Å². The predicted octanol–water partition coefficient (Wildman–Crippen LogP) is 5.97. The van der Waals surface area contributed by atoms with E-state index in [-0.39, 0.29) is 29.6 Å². The van der Waals surface area contributed by atoms with Gasteiger partial charge in [-0.1, -0.05) is 81.4 Å². The minimum Gasteiger partial charge on any atom is -0.325 e. The molecule has 35 heavy (non-hydrogen) atoms. The van der Waals surface area contributed by atoms with Crippen molar-refractivity contribution in [2.45, 2.75) is 26.2 Å². The summed E-state index contributed by atoms with van der Waals surface area (Å²) in [4.78, 5) is 40.4. The summed E-state index contributed by atoms with van der Waals surface area (Å²) in [6.45, 7) is 6.28. The molecular weight excluding hydrogens is 436 g/mol. The lowest BCUT2D eigenvalue weighted by molar-refractivity contribution is -0.114. The highest BCUT2D eigenvalue weighted by atomic mass is 16.2. The van der Waals surface area contributed by atoms with Crippen molar-refractivity contribution >= 4 is 39.7 Å². The van der Waals surface area contributed by atoms with Gasteiger partial charge in [-0.3, -0.25) is 19.3 Å². The molecule has 5 nitrogen and oxygen atoms in total. The van der Waals surface area contributed by atoms with Crippen LogP contribution in [0.15, 0.2) is 84.9 Å². The number of nitrogens with one attached hydrogen (secondary N) is 1. The molecule has 174 valence electrons. The third-order valence-electron chi connectivity index (χ3n) is 6.37. The van der Waals surface area contributed by atoms with Crippen LogP contribution in [0.3, 0.4) is 0 Å². The van der Waals surface area contributed by atoms with Gasteiger partial charge in [0.2, 0.25) is 5.91 Å². The van der Waals surface area contributed by atoms with Crippen LogP contribution in [-0.4, -0.2) is 24.1 Å². The molecule has 0 saturated heterocycles. The minimum atomic E-state index is -0.331. The van der Waals surface area contributed by atoms with Gasteiger partial charge < -0.3 is 5.32 Å². The molecule has 0 atom stereocenters. The average Bonchev–Trinajstić information content (AvgIpc) is 3.11. The van der Waals surface area contributed by atoms with Gasteiger partial charge in [0.05, 0.1) is 5.69 Å². The number of rotatable bonds is 5. The molecule has 4 aromatic rings. The summed E-state index contributed by atoms with van der Waals surface area (Å²) in [5.74, 6) is -0.629. The number of hydrogen-bond donors (Lipinski definition) is 1. The zero-order chi connectivity index (χ0) is 24.7. The van der Waals surface area contributed by atoms with Gasteiger partial charge >= 0.3 is 0 Å². The first-order valence-corrected chi connectivity index (χ1v) is 11.6. The second kappa shape index (κ2) is 8.51. The molecular formula is C30H26N2O3. The summed E-state index contributed by atoms with van der Waals surface area (Å²) >= 11 is 0. The van der Waals surface area contributed by atoms with Crippen molar-refractivity contribution in [3.8, 4) is 0 Å². The van der Waals surface area contributed by atoms with Gasteiger partial charge in [-0.25, -0.2) is 0 Å². The predicted molar refractivity (Wildman–Crippen MR) is 139 cm³/mol. The number of amides is 2. The monoisotopic (exact) mass is 462 g/mol. The van der Waals surface area contributed by atoms with Gasteiger partial charge in [-0.15, -0.1) is 0 Å². The highest BCUT2D eigenvalue weighted by Crippen LogP contribution is 2.37. The second-order valence-electron chi connectivity index (χ2n) is 9.86. The molecule has 1 aliphatic heterocycles. The third kappa shape index (κ3) is 4.21. The Labute approximate surface area is 204 Å². The van der Waals surface area contributed by atoms with Crippen LogP contribution in [-0.2, 0) is 10.2 Å². The average molecular weight is 463 g/mol. The first kappa shape index (κ1) is 22.5. The summed E-state index contributed by atoms with van der Waals surface area (Å²) in [6.07, 6.45) is 0. The van der Waals surface area contributed by atoms with Crippen molar-refractivity contribution in [3.05, 3.63) is 107 Å². The van der Waals surface area contributed by atoms with Gasteiger partial charge in [0.1, 0.15) is 6.54 Å². The van der Waals surface area contributed by atoms with E-state index in [0.717, 1.165) is 22.0 Å². The van der Waals surface area contributed by atoms with Crippen molar-refractivity contribution in [3.63, 3.8) is 0 Å². The largest absolute Gasteiger partial charge is 0.325 e. The molecule has 0 spiro atoms. The van der Waals surface area contributed by atoms with Crippen molar-refractivity contribution in [2.75, 3.05) is 16.8 Å². The van der Waals surface area contributed by atoms with E-state index in [0.29, 0.717) is 22.4 Å². The van der Waals surface area contributed by atoms with E-state index in [1.807, 2.05) is 54.6 Å². The van der Waals surface area contributed by atoms with Crippen molar-refractivity contribution in [1.82, 2.24) is 0 Å². The fourth-order valence-electron chi connectivity index (χ4n) is 4.51. The van der Waals surface area contributed by atoms with Crippen molar-refractivity contribution in [2.24, 2.45) is 0 Å². The summed E-state index contributed by atoms with van der Waals surface area (Å²) in [6, 6.07) is 25.8. The van der Waals surface area contributed by atoms with Gasteiger partial charge in [0.25, 0.3) is 5.91 Å². The number of carbonyl (C=O) groups is 3. The fourth-order valence-corrected chi connectivity index (χ4v) is 4.51. The van der Waals surface area contributed by atoms with E-state index >= 15 is 0 Å². The maximum atomic E-state index is 13.0. The Bertz CT molecular complexity index is 1470. The lowest BCUT2D eigenvalue weighted by Crippen LogP contribution is -2.35. The van der Waals surface area contributed by atoms with Gasteiger partial charge in [0.15, 0.2) is 5.78 Å². The minimum absolute atomic E-state index is 0.00932. The Morgan fingerprint density at radius 3 is 2.23 bits per heavy atom. The zero-order valence-corrected chi connectivity index (χ0v) is 20.0. The zero-order valence-electron chi connectivity index (χ0n) is 20.0. The lowest BCUT2D eigenvalue weighted by Gasteiger charge is -2.19. The summed E-state index contributed by atoms with van der Waals surface area (Å²) < 4.78 is 0. The Morgan fingerprint density at radius 1 is 0.829 bits per heavy atom. The number of carbonyl (C=O) groups excluding carboxylic acids is 3.